The van der Waals surface area contributed by atoms with Crippen molar-refractivity contribution in [1.29, 1.82) is 0 Å². The second-order valence-electron chi connectivity index (χ2n) is 8.18. The first-order valence-electron chi connectivity index (χ1n) is 9.48. The van der Waals surface area contributed by atoms with Gasteiger partial charge in [-0.05, 0) is 63.6 Å². The van der Waals surface area contributed by atoms with E-state index >= 15 is 0 Å². The largest absolute Gasteiger partial charge is 0.480 e. The predicted octanol–water partition coefficient (Wildman–Crippen LogP) is 5.04. The van der Waals surface area contributed by atoms with Crippen molar-refractivity contribution in [3.05, 3.63) is 60.2 Å². The number of ether oxygens (including phenoxy) is 1. The fourth-order valence-corrected chi connectivity index (χ4v) is 2.89. The molecule has 5 heteroatoms. The number of alkyl carbamates (subject to hydrolysis) is 1. The maximum Gasteiger partial charge on any atom is 0.408 e. The summed E-state index contributed by atoms with van der Waals surface area (Å²) in [4.78, 5) is 23.7. The maximum atomic E-state index is 12.0. The molecule has 5 nitrogen and oxygen atoms in total. The highest BCUT2D eigenvalue weighted by molar-refractivity contribution is 5.83. The Balaban J connectivity index is 1.93. The van der Waals surface area contributed by atoms with E-state index in [9.17, 15) is 14.7 Å². The van der Waals surface area contributed by atoms with Crippen LogP contribution in [0.4, 0.5) is 4.79 Å². The molecule has 2 N–H and O–H groups in total. The Hall–Kier alpha value is -2.82. The molecule has 0 aliphatic heterocycles. The SMILES string of the molecule is CC(C)(C)OC(=O)NC(C)(CCCc1ccc(-c2ccccc2)cc1)C(=O)O. The molecule has 0 aromatic heterocycles. The van der Waals surface area contributed by atoms with Gasteiger partial charge >= 0.3 is 12.1 Å². The van der Waals surface area contributed by atoms with Crippen LogP contribution in [0.1, 0.15) is 46.1 Å². The molecule has 1 atom stereocenters. The number of carboxylic acid groups (broad SMARTS) is 1. The summed E-state index contributed by atoms with van der Waals surface area (Å²) in [5.74, 6) is -1.07. The van der Waals surface area contributed by atoms with E-state index in [1.807, 2.05) is 18.2 Å². The summed E-state index contributed by atoms with van der Waals surface area (Å²) in [6.45, 7) is 6.73. The van der Waals surface area contributed by atoms with Crippen LogP contribution < -0.4 is 5.32 Å². The molecule has 2 aromatic carbocycles. The molecule has 0 heterocycles. The van der Waals surface area contributed by atoms with Gasteiger partial charge in [0.05, 0.1) is 0 Å². The lowest BCUT2D eigenvalue weighted by Gasteiger charge is -2.28. The normalized spacial score (nSPS) is 13.4. The molecule has 28 heavy (non-hydrogen) atoms. The number of hydrogen-bond acceptors (Lipinski definition) is 3. The molecule has 0 radical (unpaired) electrons. The molecular weight excluding hydrogens is 354 g/mol. The minimum atomic E-state index is -1.37. The molecule has 0 bridgehead atoms. The van der Waals surface area contributed by atoms with E-state index in [-0.39, 0.29) is 0 Å². The molecule has 2 aromatic rings. The summed E-state index contributed by atoms with van der Waals surface area (Å²) in [5.41, 5.74) is 1.39. The Morgan fingerprint density at radius 1 is 0.929 bits per heavy atom. The third-order valence-electron chi connectivity index (χ3n) is 4.45. The number of carbonyl (C=O) groups is 2. The minimum absolute atomic E-state index is 0.308. The Bertz CT molecular complexity index is 794. The van der Waals surface area contributed by atoms with Gasteiger partial charge in [-0.1, -0.05) is 54.6 Å². The maximum absolute atomic E-state index is 12.0. The van der Waals surface area contributed by atoms with Crippen molar-refractivity contribution in [2.45, 2.75) is 58.1 Å². The van der Waals surface area contributed by atoms with E-state index in [1.165, 1.54) is 6.92 Å². The smallest absolute Gasteiger partial charge is 0.408 e. The van der Waals surface area contributed by atoms with Crippen LogP contribution in [0.15, 0.2) is 54.6 Å². The lowest BCUT2D eigenvalue weighted by molar-refractivity contribution is -0.144. The van der Waals surface area contributed by atoms with Crippen molar-refractivity contribution in [3.63, 3.8) is 0 Å². The van der Waals surface area contributed by atoms with Gasteiger partial charge in [-0.25, -0.2) is 9.59 Å². The van der Waals surface area contributed by atoms with Crippen molar-refractivity contribution in [2.24, 2.45) is 0 Å². The third kappa shape index (κ3) is 6.41. The standard InChI is InChI=1S/C23H29NO4/c1-22(2,3)28-21(27)24-23(4,20(25)26)16-8-9-17-12-14-19(15-13-17)18-10-6-5-7-11-18/h5-7,10-15H,8-9,16H2,1-4H3,(H,24,27)(H,25,26). The molecule has 0 fully saturated rings. The Morgan fingerprint density at radius 2 is 1.50 bits per heavy atom. The number of hydrogen-bond donors (Lipinski definition) is 2. The monoisotopic (exact) mass is 383 g/mol. The Morgan fingerprint density at radius 3 is 2.04 bits per heavy atom. The minimum Gasteiger partial charge on any atom is -0.480 e. The van der Waals surface area contributed by atoms with Crippen molar-refractivity contribution >= 4 is 12.1 Å². The molecule has 150 valence electrons. The van der Waals surface area contributed by atoms with Crippen LogP contribution in [0.2, 0.25) is 0 Å². The fourth-order valence-electron chi connectivity index (χ4n) is 2.89. The van der Waals surface area contributed by atoms with Gasteiger partial charge in [0.25, 0.3) is 0 Å². The van der Waals surface area contributed by atoms with Gasteiger partial charge in [-0.3, -0.25) is 0 Å². The van der Waals surface area contributed by atoms with Crippen LogP contribution in [0.25, 0.3) is 11.1 Å². The first-order valence-corrected chi connectivity index (χ1v) is 9.48. The van der Waals surface area contributed by atoms with Gasteiger partial charge in [0.15, 0.2) is 0 Å². The van der Waals surface area contributed by atoms with Gasteiger partial charge in [0.1, 0.15) is 11.1 Å². The summed E-state index contributed by atoms with van der Waals surface area (Å²) >= 11 is 0. The molecule has 2 rings (SSSR count). The number of carbonyl (C=O) groups excluding carboxylic acids is 1. The predicted molar refractivity (Wildman–Crippen MR) is 110 cm³/mol. The highest BCUT2D eigenvalue weighted by Gasteiger charge is 2.35. The van der Waals surface area contributed by atoms with E-state index in [1.54, 1.807) is 20.8 Å². The number of aryl methyl sites for hydroxylation is 1. The van der Waals surface area contributed by atoms with Crippen molar-refractivity contribution in [2.75, 3.05) is 0 Å². The van der Waals surface area contributed by atoms with Gasteiger partial charge in [0.2, 0.25) is 0 Å². The zero-order chi connectivity index (χ0) is 20.8. The quantitative estimate of drug-likeness (QED) is 0.702. The zero-order valence-electron chi connectivity index (χ0n) is 17.0. The number of benzene rings is 2. The topological polar surface area (TPSA) is 75.6 Å². The molecule has 0 saturated heterocycles. The van der Waals surface area contributed by atoms with Crippen LogP contribution in [0.3, 0.4) is 0 Å². The summed E-state index contributed by atoms with van der Waals surface area (Å²) in [6.07, 6.45) is 0.948. The average molecular weight is 383 g/mol. The average Bonchev–Trinajstić information content (AvgIpc) is 2.61. The first-order chi connectivity index (χ1) is 13.1. The van der Waals surface area contributed by atoms with Crippen molar-refractivity contribution < 1.29 is 19.4 Å². The van der Waals surface area contributed by atoms with Gasteiger partial charge < -0.3 is 15.2 Å². The van der Waals surface area contributed by atoms with E-state index in [0.29, 0.717) is 12.8 Å². The summed E-state index contributed by atoms with van der Waals surface area (Å²) in [6, 6.07) is 18.4. The molecule has 0 saturated carbocycles. The Labute approximate surface area is 166 Å². The first kappa shape index (κ1) is 21.5. The van der Waals surface area contributed by atoms with Crippen LogP contribution >= 0.6 is 0 Å². The highest BCUT2D eigenvalue weighted by Crippen LogP contribution is 2.21. The third-order valence-corrected chi connectivity index (χ3v) is 4.45. The van der Waals surface area contributed by atoms with Gasteiger partial charge in [-0.2, -0.15) is 0 Å². The summed E-state index contributed by atoms with van der Waals surface area (Å²) in [5, 5.41) is 12.1. The molecule has 0 aliphatic carbocycles. The number of rotatable bonds is 7. The van der Waals surface area contributed by atoms with Crippen LogP contribution in [0.5, 0.6) is 0 Å². The highest BCUT2D eigenvalue weighted by atomic mass is 16.6. The number of nitrogens with one attached hydrogen (secondary N) is 1. The van der Waals surface area contributed by atoms with Crippen LogP contribution in [-0.4, -0.2) is 28.3 Å². The second kappa shape index (κ2) is 8.91. The number of amides is 1. The second-order valence-corrected chi connectivity index (χ2v) is 8.18. The molecule has 0 spiro atoms. The molecule has 1 amide bonds. The molecule has 0 aliphatic rings. The summed E-state index contributed by atoms with van der Waals surface area (Å²) in [7, 11) is 0. The molecule has 1 unspecified atom stereocenters. The summed E-state index contributed by atoms with van der Waals surface area (Å²) < 4.78 is 5.19. The van der Waals surface area contributed by atoms with Gasteiger partial charge in [-0.15, -0.1) is 0 Å². The van der Waals surface area contributed by atoms with E-state index < -0.39 is 23.2 Å². The van der Waals surface area contributed by atoms with Gasteiger partial charge in [0, 0.05) is 0 Å². The number of aliphatic carboxylic acids is 1. The van der Waals surface area contributed by atoms with Crippen molar-refractivity contribution in [1.82, 2.24) is 5.32 Å². The van der Waals surface area contributed by atoms with Crippen LogP contribution in [-0.2, 0) is 16.0 Å². The lowest BCUT2D eigenvalue weighted by Crippen LogP contribution is -2.53. The van der Waals surface area contributed by atoms with E-state index in [0.717, 1.165) is 23.1 Å². The molecular formula is C23H29NO4. The fraction of sp³-hybridized carbons (Fsp3) is 0.391. The van der Waals surface area contributed by atoms with Crippen molar-refractivity contribution in [3.8, 4) is 11.1 Å². The van der Waals surface area contributed by atoms with E-state index in [4.69, 9.17) is 4.74 Å². The number of carboxylic acids is 1. The van der Waals surface area contributed by atoms with E-state index in [2.05, 4.69) is 41.7 Å². The van der Waals surface area contributed by atoms with Crippen LogP contribution in [0, 0.1) is 0 Å². The zero-order valence-corrected chi connectivity index (χ0v) is 17.0. The Kier molecular flexibility index (Phi) is 6.84. The lowest BCUT2D eigenvalue weighted by atomic mass is 9.93.